The van der Waals surface area contributed by atoms with Crippen molar-refractivity contribution in [3.05, 3.63) is 11.8 Å². The molecule has 0 aliphatic carbocycles. The summed E-state index contributed by atoms with van der Waals surface area (Å²) in [7, 11) is 1.42. The largest absolute Gasteiger partial charge is 0.508 e. The highest BCUT2D eigenvalue weighted by Gasteiger charge is 2.50. The Kier molecular flexibility index (Phi) is 3.65. The molecule has 0 aromatic rings. The van der Waals surface area contributed by atoms with E-state index in [4.69, 9.17) is 28.8 Å². The number of aliphatic carboxylic acids is 1. The van der Waals surface area contributed by atoms with Gasteiger partial charge in [-0.05, 0) is 0 Å². The number of carbonyl (C=O) groups is 2. The minimum absolute atomic E-state index is 0.00423. The second-order valence-corrected chi connectivity index (χ2v) is 5.06. The van der Waals surface area contributed by atoms with E-state index in [1.54, 1.807) is 6.92 Å². The summed E-state index contributed by atoms with van der Waals surface area (Å²) in [5.41, 5.74) is 0. The summed E-state index contributed by atoms with van der Waals surface area (Å²) in [4.78, 5) is 26.6. The highest BCUT2D eigenvalue weighted by molar-refractivity contribution is 5.85. The van der Waals surface area contributed by atoms with E-state index in [-0.39, 0.29) is 12.4 Å². The number of hydrogen-bond acceptors (Lipinski definition) is 8. The first-order valence-corrected chi connectivity index (χ1v) is 6.68. The van der Waals surface area contributed by atoms with Gasteiger partial charge < -0.3 is 28.8 Å². The van der Waals surface area contributed by atoms with Crippen LogP contribution in [0.3, 0.4) is 0 Å². The lowest BCUT2D eigenvalue weighted by Crippen LogP contribution is -2.52. The Hall–Kier alpha value is -2.29. The van der Waals surface area contributed by atoms with Crippen LogP contribution in [0.4, 0.5) is 4.79 Å². The molecule has 3 aliphatic rings. The summed E-state index contributed by atoms with van der Waals surface area (Å²) >= 11 is 0. The molecule has 0 radical (unpaired) electrons. The molecule has 1 fully saturated rings. The average Bonchev–Trinajstić information content (AvgIpc) is 3.04. The molecule has 3 rings (SSSR count). The molecule has 0 saturated carbocycles. The molecular weight excluding hydrogens is 298 g/mol. The lowest BCUT2D eigenvalue weighted by Gasteiger charge is -2.35. The molecule has 1 saturated heterocycles. The van der Waals surface area contributed by atoms with Crippen molar-refractivity contribution in [2.75, 3.05) is 13.7 Å². The molecule has 0 aromatic heterocycles. The van der Waals surface area contributed by atoms with E-state index in [9.17, 15) is 9.59 Å². The Morgan fingerprint density at radius 2 is 2.23 bits per heavy atom. The number of hydrogen-bond donors (Lipinski definition) is 1. The minimum Gasteiger partial charge on any atom is -0.478 e. The van der Waals surface area contributed by atoms with E-state index in [0.29, 0.717) is 5.90 Å². The van der Waals surface area contributed by atoms with E-state index in [1.807, 2.05) is 0 Å². The van der Waals surface area contributed by atoms with Crippen molar-refractivity contribution in [3.63, 3.8) is 0 Å². The van der Waals surface area contributed by atoms with Crippen LogP contribution in [0.1, 0.15) is 6.92 Å². The first-order chi connectivity index (χ1) is 10.5. The number of rotatable bonds is 4. The van der Waals surface area contributed by atoms with Crippen LogP contribution in [0.5, 0.6) is 0 Å². The van der Waals surface area contributed by atoms with Crippen LogP contribution in [-0.2, 0) is 28.5 Å². The number of methoxy groups -OCH3 is 1. The maximum absolute atomic E-state index is 11.2. The van der Waals surface area contributed by atoms with Gasteiger partial charge in [0.2, 0.25) is 5.76 Å². The third-order valence-corrected chi connectivity index (χ3v) is 3.68. The van der Waals surface area contributed by atoms with Gasteiger partial charge in [0, 0.05) is 20.1 Å². The van der Waals surface area contributed by atoms with Gasteiger partial charge in [-0.15, -0.1) is 0 Å². The zero-order valence-electron chi connectivity index (χ0n) is 11.9. The van der Waals surface area contributed by atoms with Crippen molar-refractivity contribution in [2.45, 2.75) is 37.4 Å². The summed E-state index contributed by atoms with van der Waals surface area (Å²) in [6.45, 7) is 1.68. The van der Waals surface area contributed by atoms with Gasteiger partial charge in [-0.3, -0.25) is 0 Å². The molecule has 3 aliphatic heterocycles. The second kappa shape index (κ2) is 5.48. The van der Waals surface area contributed by atoms with Gasteiger partial charge in [0.15, 0.2) is 18.1 Å². The van der Waals surface area contributed by atoms with Crippen molar-refractivity contribution in [2.24, 2.45) is 4.99 Å². The first kappa shape index (κ1) is 14.6. The topological polar surface area (TPSA) is 113 Å². The van der Waals surface area contributed by atoms with Crippen molar-refractivity contribution >= 4 is 18.0 Å². The molecule has 5 atom stereocenters. The lowest BCUT2D eigenvalue weighted by atomic mass is 9.94. The van der Waals surface area contributed by atoms with Gasteiger partial charge in [0.1, 0.15) is 24.9 Å². The fourth-order valence-electron chi connectivity index (χ4n) is 2.76. The molecule has 9 nitrogen and oxygen atoms in total. The highest BCUT2D eigenvalue weighted by atomic mass is 16.8. The molecule has 0 aromatic carbocycles. The fourth-order valence-corrected chi connectivity index (χ4v) is 2.76. The van der Waals surface area contributed by atoms with E-state index in [1.165, 1.54) is 13.2 Å². The first-order valence-electron chi connectivity index (χ1n) is 6.68. The predicted molar refractivity (Wildman–Crippen MR) is 69.4 cm³/mol. The van der Waals surface area contributed by atoms with E-state index in [0.717, 1.165) is 0 Å². The number of ether oxygens (including phenoxy) is 5. The zero-order chi connectivity index (χ0) is 15.9. The number of aliphatic imine (C=N–C) groups is 1. The van der Waals surface area contributed by atoms with Gasteiger partial charge in [-0.1, -0.05) is 0 Å². The summed E-state index contributed by atoms with van der Waals surface area (Å²) < 4.78 is 26.1. The van der Waals surface area contributed by atoms with Crippen molar-refractivity contribution in [1.82, 2.24) is 0 Å². The molecular formula is C13H15NO8. The highest BCUT2D eigenvalue weighted by Crippen LogP contribution is 2.32. The van der Waals surface area contributed by atoms with Gasteiger partial charge in [-0.2, -0.15) is 0 Å². The molecule has 22 heavy (non-hydrogen) atoms. The Labute approximate surface area is 125 Å². The quantitative estimate of drug-likeness (QED) is 0.727. The number of cyclic esters (lactones) is 2. The lowest BCUT2D eigenvalue weighted by molar-refractivity contribution is -0.145. The maximum atomic E-state index is 11.2. The summed E-state index contributed by atoms with van der Waals surface area (Å²) in [6, 6.07) is -0.479. The minimum atomic E-state index is -1.22. The zero-order valence-corrected chi connectivity index (χ0v) is 11.9. The smallest absolute Gasteiger partial charge is 0.478 e. The van der Waals surface area contributed by atoms with Crippen LogP contribution in [0, 0.1) is 0 Å². The number of carboxylic acid groups (broad SMARTS) is 1. The maximum Gasteiger partial charge on any atom is 0.508 e. The van der Waals surface area contributed by atoms with Crippen LogP contribution in [-0.4, -0.2) is 67.3 Å². The van der Waals surface area contributed by atoms with Crippen LogP contribution >= 0.6 is 0 Å². The monoisotopic (exact) mass is 313 g/mol. The van der Waals surface area contributed by atoms with Gasteiger partial charge >= 0.3 is 12.1 Å². The van der Waals surface area contributed by atoms with Crippen molar-refractivity contribution in [1.29, 1.82) is 0 Å². The van der Waals surface area contributed by atoms with Gasteiger partial charge in [0.05, 0.1) is 0 Å². The Morgan fingerprint density at radius 3 is 2.82 bits per heavy atom. The summed E-state index contributed by atoms with van der Waals surface area (Å²) in [6.07, 6.45) is -2.19. The standard InChI is InChI=1S/C13H15NO8/c1-5-14-9-6(20-5)3-7(12(15)16)21-11(9)10(18-2)8-4-19-13(17)22-8/h3,6,8-11H,4H2,1-2H3,(H,15,16)/t6-,8-,9+,10?,11-/m1/s1. The molecule has 1 N–H and O–H groups in total. The molecule has 0 spiro atoms. The molecule has 120 valence electrons. The van der Waals surface area contributed by atoms with Crippen LogP contribution in [0.2, 0.25) is 0 Å². The number of nitrogens with zero attached hydrogens (tertiary/aromatic N) is 1. The summed E-state index contributed by atoms with van der Waals surface area (Å²) in [5.74, 6) is -1.03. The molecule has 0 amide bonds. The fraction of sp³-hybridized carbons (Fsp3) is 0.615. The van der Waals surface area contributed by atoms with Gasteiger partial charge in [-0.25, -0.2) is 14.6 Å². The van der Waals surface area contributed by atoms with Crippen LogP contribution in [0.25, 0.3) is 0 Å². The number of carboxylic acids is 1. The van der Waals surface area contributed by atoms with Crippen molar-refractivity contribution < 1.29 is 38.4 Å². The van der Waals surface area contributed by atoms with E-state index in [2.05, 4.69) is 4.99 Å². The SMILES string of the molecule is COC([C@H]1COC(=O)O1)[C@@H]1OC(C(=O)O)=C[C@H]2OC(C)=N[C@@H]21. The Morgan fingerprint density at radius 1 is 1.45 bits per heavy atom. The van der Waals surface area contributed by atoms with E-state index < -0.39 is 42.6 Å². The normalized spacial score (nSPS) is 34.4. The average molecular weight is 313 g/mol. The third-order valence-electron chi connectivity index (χ3n) is 3.68. The number of carbonyl (C=O) groups excluding carboxylic acids is 1. The number of fused-ring (bicyclic) bond motifs is 1. The second-order valence-electron chi connectivity index (χ2n) is 5.06. The predicted octanol–water partition coefficient (Wildman–Crippen LogP) is 0.0899. The van der Waals surface area contributed by atoms with Crippen LogP contribution < -0.4 is 0 Å². The van der Waals surface area contributed by atoms with Crippen LogP contribution in [0.15, 0.2) is 16.8 Å². The molecule has 9 heteroatoms. The Balaban J connectivity index is 1.88. The van der Waals surface area contributed by atoms with E-state index >= 15 is 0 Å². The van der Waals surface area contributed by atoms with Gasteiger partial charge in [0.25, 0.3) is 0 Å². The Bertz CT molecular complexity index is 556. The molecule has 3 heterocycles. The summed E-state index contributed by atoms with van der Waals surface area (Å²) in [5, 5.41) is 9.17. The third kappa shape index (κ3) is 2.47. The molecule has 1 unspecified atom stereocenters. The molecule has 0 bridgehead atoms. The van der Waals surface area contributed by atoms with Crippen molar-refractivity contribution in [3.8, 4) is 0 Å².